The van der Waals surface area contributed by atoms with E-state index in [1.165, 1.54) is 44.9 Å². The van der Waals surface area contributed by atoms with Crippen molar-refractivity contribution in [3.63, 3.8) is 0 Å². The molecule has 3 heterocycles. The predicted molar refractivity (Wildman–Crippen MR) is 197 cm³/mol. The topological polar surface area (TPSA) is 249 Å². The number of aromatic amines is 1. The number of hydrogen-bond donors (Lipinski definition) is 8. The molecule has 5 rings (SSSR count). The molecule has 0 aliphatic carbocycles. The predicted octanol–water partition coefficient (Wildman–Crippen LogP) is -0.120. The fraction of sp³-hybridized carbons (Fsp3) is 0.400. The lowest BCUT2D eigenvalue weighted by Gasteiger charge is -2.30. The van der Waals surface area contributed by atoms with Crippen LogP contribution >= 0.6 is 21.6 Å². The third-order valence-electron chi connectivity index (χ3n) is 8.86. The molecule has 5 amide bonds. The molecule has 6 atom stereocenters. The Kier molecular flexibility index (Phi) is 13.7. The Hall–Kier alpha value is -5.07. The summed E-state index contributed by atoms with van der Waals surface area (Å²) in [6.45, 7) is 0.200. The number of aliphatic carboxylic acids is 1. The second kappa shape index (κ2) is 18.6. The number of carbonyl (C=O) groups excluding carboxylic acids is 5. The summed E-state index contributed by atoms with van der Waals surface area (Å²) in [4.78, 5) is 88.6. The van der Waals surface area contributed by atoms with E-state index in [9.17, 15) is 39.0 Å². The number of amides is 5. The van der Waals surface area contributed by atoms with E-state index >= 15 is 0 Å². The van der Waals surface area contributed by atoms with Gasteiger partial charge in [-0.25, -0.2) is 9.78 Å². The normalized spacial score (nSPS) is 22.0. The number of carboxylic acids is 1. The van der Waals surface area contributed by atoms with Gasteiger partial charge in [0.1, 0.15) is 36.0 Å². The van der Waals surface area contributed by atoms with Gasteiger partial charge >= 0.3 is 5.97 Å². The SMILES string of the molecule is N[C@H]1CSSC[C@@H](C(=O)N[C@@H](Cc2c[nH]cn2)C(=O)N2CCC[C@H]2C(=O)N[C@@H](Cc2ccccc2)C(=O)O)NC(=O)[C@H](Cc2ccc(O)cc2)NC1=O. The van der Waals surface area contributed by atoms with E-state index in [2.05, 4.69) is 31.2 Å². The molecule has 9 N–H and O–H groups in total. The van der Waals surface area contributed by atoms with Gasteiger partial charge in [0.15, 0.2) is 0 Å². The number of phenols is 1. The standard InChI is InChI=1S/C35H42N8O8S2/c36-24-17-52-53-18-28(42-31(46)25(39-30(24)45)13-21-8-10-23(44)11-9-21)32(47)40-26(15-22-16-37-19-38-22)34(49)43-12-4-7-29(43)33(48)41-27(35(50)51)14-20-5-2-1-3-6-20/h1-3,5-6,8-11,16,19,24-29,44H,4,7,12-15,17-18,36H2,(H,37,38)(H,39,45)(H,40,47)(H,41,48)(H,42,46)(H,50,51)/t24-,25-,26-,27-,28-,29-/m0/s1. The summed E-state index contributed by atoms with van der Waals surface area (Å²) < 4.78 is 0. The molecule has 2 aliphatic rings. The number of nitrogens with two attached hydrogens (primary N) is 1. The van der Waals surface area contributed by atoms with E-state index < -0.39 is 71.8 Å². The molecule has 2 aromatic carbocycles. The number of nitrogens with zero attached hydrogens (tertiary/aromatic N) is 2. The number of aromatic hydroxyl groups is 1. The number of phenolic OH excluding ortho intramolecular Hbond substituents is 1. The zero-order valence-corrected chi connectivity index (χ0v) is 30.2. The van der Waals surface area contributed by atoms with Gasteiger partial charge in [-0.2, -0.15) is 0 Å². The number of H-pyrrole nitrogens is 1. The maximum absolute atomic E-state index is 14.2. The largest absolute Gasteiger partial charge is 0.508 e. The number of aromatic nitrogens is 2. The van der Waals surface area contributed by atoms with Crippen molar-refractivity contribution in [1.29, 1.82) is 0 Å². The number of carbonyl (C=O) groups is 6. The van der Waals surface area contributed by atoms with E-state index in [4.69, 9.17) is 5.73 Å². The highest BCUT2D eigenvalue weighted by Crippen LogP contribution is 2.24. The minimum Gasteiger partial charge on any atom is -0.508 e. The van der Waals surface area contributed by atoms with Crippen LogP contribution in [0.2, 0.25) is 0 Å². The number of carboxylic acid groups (broad SMARTS) is 1. The molecule has 0 radical (unpaired) electrons. The van der Waals surface area contributed by atoms with Crippen molar-refractivity contribution >= 4 is 57.1 Å². The molecule has 282 valence electrons. The Bertz CT molecular complexity index is 1750. The average Bonchev–Trinajstić information content (AvgIpc) is 3.85. The van der Waals surface area contributed by atoms with Crippen LogP contribution in [0.15, 0.2) is 67.1 Å². The first-order chi connectivity index (χ1) is 25.5. The van der Waals surface area contributed by atoms with Crippen LogP contribution in [0.1, 0.15) is 29.7 Å². The van der Waals surface area contributed by atoms with Gasteiger partial charge in [-0.15, -0.1) is 0 Å². The van der Waals surface area contributed by atoms with Crippen LogP contribution in [0.25, 0.3) is 0 Å². The van der Waals surface area contributed by atoms with Crippen LogP contribution in [0.5, 0.6) is 5.75 Å². The first-order valence-electron chi connectivity index (χ1n) is 17.0. The Balaban J connectivity index is 1.32. The summed E-state index contributed by atoms with van der Waals surface area (Å²) >= 11 is 0. The molecule has 53 heavy (non-hydrogen) atoms. The molecule has 0 spiro atoms. The summed E-state index contributed by atoms with van der Waals surface area (Å²) in [6.07, 6.45) is 3.83. The Morgan fingerprint density at radius 3 is 2.32 bits per heavy atom. The van der Waals surface area contributed by atoms with Gasteiger partial charge < -0.3 is 47.1 Å². The first-order valence-corrected chi connectivity index (χ1v) is 19.5. The van der Waals surface area contributed by atoms with Crippen LogP contribution in [-0.4, -0.2) is 115 Å². The molecule has 2 saturated heterocycles. The third-order valence-corrected chi connectivity index (χ3v) is 11.3. The molecule has 16 nitrogen and oxygen atoms in total. The zero-order chi connectivity index (χ0) is 37.9. The number of likely N-dealkylation sites (tertiary alicyclic amines) is 1. The van der Waals surface area contributed by atoms with Crippen molar-refractivity contribution in [3.8, 4) is 5.75 Å². The van der Waals surface area contributed by atoms with Crippen LogP contribution in [0.4, 0.5) is 0 Å². The molecule has 2 aliphatic heterocycles. The van der Waals surface area contributed by atoms with Crippen LogP contribution in [0, 0.1) is 0 Å². The molecule has 1 aromatic heterocycles. The highest BCUT2D eigenvalue weighted by Gasteiger charge is 2.40. The maximum atomic E-state index is 14.2. The third kappa shape index (κ3) is 11.0. The van der Waals surface area contributed by atoms with Crippen LogP contribution in [0.3, 0.4) is 0 Å². The minimum atomic E-state index is -1.23. The Morgan fingerprint density at radius 2 is 1.62 bits per heavy atom. The lowest BCUT2D eigenvalue weighted by Crippen LogP contribution is -2.60. The fourth-order valence-electron chi connectivity index (χ4n) is 6.03. The highest BCUT2D eigenvalue weighted by molar-refractivity contribution is 8.76. The van der Waals surface area contributed by atoms with Crippen molar-refractivity contribution in [1.82, 2.24) is 36.1 Å². The molecule has 18 heteroatoms. The van der Waals surface area contributed by atoms with E-state index in [0.29, 0.717) is 24.1 Å². The summed E-state index contributed by atoms with van der Waals surface area (Å²) in [6, 6.07) is 8.42. The summed E-state index contributed by atoms with van der Waals surface area (Å²) in [5.74, 6) is -3.95. The maximum Gasteiger partial charge on any atom is 0.326 e. The molecule has 0 saturated carbocycles. The Labute approximate surface area is 313 Å². The van der Waals surface area contributed by atoms with Gasteiger partial charge in [-0.1, -0.05) is 64.1 Å². The molecule has 0 unspecified atom stereocenters. The van der Waals surface area contributed by atoms with E-state index in [1.54, 1.807) is 48.7 Å². The molecule has 2 fully saturated rings. The highest BCUT2D eigenvalue weighted by atomic mass is 33.1. The van der Waals surface area contributed by atoms with Gasteiger partial charge in [0.2, 0.25) is 29.5 Å². The smallest absolute Gasteiger partial charge is 0.326 e. The van der Waals surface area contributed by atoms with Crippen molar-refractivity contribution in [2.75, 3.05) is 18.1 Å². The van der Waals surface area contributed by atoms with Gasteiger partial charge in [-0.3, -0.25) is 24.0 Å². The summed E-state index contributed by atoms with van der Waals surface area (Å²) in [5, 5.41) is 30.3. The number of benzene rings is 2. The van der Waals surface area contributed by atoms with Gasteiger partial charge in [0, 0.05) is 43.5 Å². The lowest BCUT2D eigenvalue weighted by atomic mass is 10.0. The summed E-state index contributed by atoms with van der Waals surface area (Å²) in [7, 11) is 2.49. The van der Waals surface area contributed by atoms with Crippen molar-refractivity contribution in [2.45, 2.75) is 68.4 Å². The van der Waals surface area contributed by atoms with Gasteiger partial charge in [-0.05, 0) is 36.1 Å². The number of nitrogens with one attached hydrogen (secondary N) is 5. The zero-order valence-electron chi connectivity index (χ0n) is 28.6. The minimum absolute atomic E-state index is 0.0322. The fourth-order valence-corrected chi connectivity index (χ4v) is 8.32. The average molecular weight is 767 g/mol. The number of imidazole rings is 1. The number of hydrogen-bond acceptors (Lipinski definition) is 11. The second-order valence-electron chi connectivity index (χ2n) is 12.8. The molecular formula is C35H42N8O8S2. The quantitative estimate of drug-likeness (QED) is 0.113. The Morgan fingerprint density at radius 1 is 0.906 bits per heavy atom. The van der Waals surface area contributed by atoms with Crippen LogP contribution < -0.4 is 27.0 Å². The summed E-state index contributed by atoms with van der Waals surface area (Å²) in [5.41, 5.74) is 7.89. The van der Waals surface area contributed by atoms with E-state index in [-0.39, 0.29) is 43.1 Å². The van der Waals surface area contributed by atoms with Crippen molar-refractivity contribution in [2.24, 2.45) is 5.73 Å². The second-order valence-corrected chi connectivity index (χ2v) is 15.3. The molecule has 0 bridgehead atoms. The number of rotatable bonds is 12. The lowest BCUT2D eigenvalue weighted by molar-refractivity contribution is -0.145. The van der Waals surface area contributed by atoms with E-state index in [0.717, 1.165) is 5.56 Å². The van der Waals surface area contributed by atoms with E-state index in [1.807, 2.05) is 0 Å². The monoisotopic (exact) mass is 766 g/mol. The van der Waals surface area contributed by atoms with Crippen molar-refractivity contribution < 1.29 is 39.0 Å². The molecular weight excluding hydrogens is 725 g/mol. The van der Waals surface area contributed by atoms with Crippen molar-refractivity contribution in [3.05, 3.63) is 83.9 Å². The van der Waals surface area contributed by atoms with Crippen LogP contribution in [-0.2, 0) is 48.0 Å². The molecule has 3 aromatic rings. The van der Waals surface area contributed by atoms with Gasteiger partial charge in [0.05, 0.1) is 18.1 Å². The first kappa shape index (κ1) is 39.1. The van der Waals surface area contributed by atoms with Gasteiger partial charge in [0.25, 0.3) is 0 Å².